The Hall–Kier alpha value is -3.28. The van der Waals surface area contributed by atoms with Crippen molar-refractivity contribution in [2.75, 3.05) is 18.5 Å². The molecule has 6 nitrogen and oxygen atoms in total. The van der Waals surface area contributed by atoms with Crippen molar-refractivity contribution in [3.8, 4) is 17.2 Å². The molecule has 1 N–H and O–H groups in total. The lowest BCUT2D eigenvalue weighted by Gasteiger charge is -2.15. The van der Waals surface area contributed by atoms with E-state index in [-0.39, 0.29) is 5.91 Å². The van der Waals surface area contributed by atoms with E-state index in [4.69, 9.17) is 9.47 Å². The summed E-state index contributed by atoms with van der Waals surface area (Å²) in [7, 11) is 0. The highest BCUT2D eigenvalue weighted by molar-refractivity contribution is 6.05. The molecule has 0 aliphatic heterocycles. The maximum absolute atomic E-state index is 12.9. The predicted octanol–water partition coefficient (Wildman–Crippen LogP) is 4.93. The lowest BCUT2D eigenvalue weighted by molar-refractivity contribution is 0.102. The highest BCUT2D eigenvalue weighted by Gasteiger charge is 2.15. The van der Waals surface area contributed by atoms with Gasteiger partial charge in [-0.05, 0) is 63.6 Å². The molecule has 0 saturated carbocycles. The van der Waals surface area contributed by atoms with Gasteiger partial charge in [0.05, 0.1) is 30.3 Å². The molecule has 0 fully saturated rings. The van der Waals surface area contributed by atoms with Crippen LogP contribution in [0.3, 0.4) is 0 Å². The molecule has 1 heterocycles. The molecule has 0 radical (unpaired) electrons. The number of hydrogen-bond acceptors (Lipinski definition) is 4. The zero-order valence-corrected chi connectivity index (χ0v) is 17.4. The average Bonchev–Trinajstić information content (AvgIpc) is 3.05. The maximum Gasteiger partial charge on any atom is 0.255 e. The van der Waals surface area contributed by atoms with Gasteiger partial charge in [-0.15, -0.1) is 0 Å². The molecule has 152 valence electrons. The van der Waals surface area contributed by atoms with Gasteiger partial charge in [0.1, 0.15) is 0 Å². The number of ether oxygens (including phenoxy) is 2. The van der Waals surface area contributed by atoms with Crippen LogP contribution in [-0.4, -0.2) is 28.9 Å². The first kappa shape index (κ1) is 20.5. The second-order valence-electron chi connectivity index (χ2n) is 6.75. The number of rotatable bonds is 8. The van der Waals surface area contributed by atoms with Gasteiger partial charge in [-0.2, -0.15) is 5.10 Å². The molecule has 0 unspecified atom stereocenters. The molecule has 0 atom stereocenters. The van der Waals surface area contributed by atoms with Crippen LogP contribution >= 0.6 is 0 Å². The summed E-state index contributed by atoms with van der Waals surface area (Å²) in [6, 6.07) is 14.9. The SMILES string of the molecule is CCCOc1ccc(C(=O)Nc2ccccc2-n2nc(C)cc2C)cc1OCC. The highest BCUT2D eigenvalue weighted by Crippen LogP contribution is 2.29. The molecule has 6 heteroatoms. The molecule has 3 aromatic rings. The van der Waals surface area contributed by atoms with Crippen molar-refractivity contribution < 1.29 is 14.3 Å². The Labute approximate surface area is 171 Å². The van der Waals surface area contributed by atoms with Crippen molar-refractivity contribution in [3.63, 3.8) is 0 Å². The van der Waals surface area contributed by atoms with E-state index in [1.807, 2.05) is 62.7 Å². The Morgan fingerprint density at radius 1 is 1.03 bits per heavy atom. The van der Waals surface area contributed by atoms with Gasteiger partial charge in [-0.1, -0.05) is 19.1 Å². The van der Waals surface area contributed by atoms with Gasteiger partial charge in [-0.25, -0.2) is 4.68 Å². The summed E-state index contributed by atoms with van der Waals surface area (Å²) >= 11 is 0. The number of aryl methyl sites for hydroxylation is 2. The number of anilines is 1. The van der Waals surface area contributed by atoms with Crippen LogP contribution in [0.4, 0.5) is 5.69 Å². The Morgan fingerprint density at radius 2 is 1.83 bits per heavy atom. The quantitative estimate of drug-likeness (QED) is 0.589. The van der Waals surface area contributed by atoms with Crippen molar-refractivity contribution in [2.45, 2.75) is 34.1 Å². The summed E-state index contributed by atoms with van der Waals surface area (Å²) in [6.45, 7) is 8.98. The molecule has 1 amide bonds. The topological polar surface area (TPSA) is 65.4 Å². The van der Waals surface area contributed by atoms with Crippen LogP contribution in [0.25, 0.3) is 5.69 Å². The molecule has 2 aromatic carbocycles. The normalized spacial score (nSPS) is 10.6. The molecular formula is C23H27N3O3. The molecule has 0 aliphatic rings. The van der Waals surface area contributed by atoms with E-state index in [2.05, 4.69) is 10.4 Å². The molecule has 29 heavy (non-hydrogen) atoms. The molecule has 0 saturated heterocycles. The van der Waals surface area contributed by atoms with E-state index in [1.54, 1.807) is 18.2 Å². The lowest BCUT2D eigenvalue weighted by atomic mass is 10.1. The fourth-order valence-electron chi connectivity index (χ4n) is 3.08. The first-order valence-electron chi connectivity index (χ1n) is 9.87. The minimum absolute atomic E-state index is 0.220. The Bertz CT molecular complexity index is 995. The molecule has 0 spiro atoms. The third-order valence-corrected chi connectivity index (χ3v) is 4.36. The van der Waals surface area contributed by atoms with Gasteiger partial charge < -0.3 is 14.8 Å². The van der Waals surface area contributed by atoms with Crippen molar-refractivity contribution in [2.24, 2.45) is 0 Å². The van der Waals surface area contributed by atoms with E-state index in [0.29, 0.717) is 36.0 Å². The number of benzene rings is 2. The molecule has 3 rings (SSSR count). The third-order valence-electron chi connectivity index (χ3n) is 4.36. The van der Waals surface area contributed by atoms with Crippen LogP contribution in [0.1, 0.15) is 42.0 Å². The molecular weight excluding hydrogens is 366 g/mol. The number of amides is 1. The molecule has 0 aliphatic carbocycles. The van der Waals surface area contributed by atoms with Gasteiger partial charge in [0.15, 0.2) is 11.5 Å². The summed E-state index contributed by atoms with van der Waals surface area (Å²) < 4.78 is 13.2. The minimum atomic E-state index is -0.220. The van der Waals surface area contributed by atoms with E-state index >= 15 is 0 Å². The lowest BCUT2D eigenvalue weighted by Crippen LogP contribution is -2.15. The van der Waals surface area contributed by atoms with Crippen molar-refractivity contribution >= 4 is 11.6 Å². The Kier molecular flexibility index (Phi) is 6.54. The number of nitrogens with zero attached hydrogens (tertiary/aromatic N) is 2. The Morgan fingerprint density at radius 3 is 2.52 bits per heavy atom. The minimum Gasteiger partial charge on any atom is -0.490 e. The van der Waals surface area contributed by atoms with Crippen LogP contribution in [0, 0.1) is 13.8 Å². The molecule has 0 bridgehead atoms. The number of carbonyl (C=O) groups is 1. The summed E-state index contributed by atoms with van der Waals surface area (Å²) in [6.07, 6.45) is 0.900. The van der Waals surface area contributed by atoms with E-state index in [9.17, 15) is 4.79 Å². The van der Waals surface area contributed by atoms with Crippen LogP contribution in [0.5, 0.6) is 11.5 Å². The van der Waals surface area contributed by atoms with Gasteiger partial charge in [0, 0.05) is 11.3 Å². The Balaban J connectivity index is 1.87. The van der Waals surface area contributed by atoms with E-state index < -0.39 is 0 Å². The van der Waals surface area contributed by atoms with Gasteiger partial charge in [0.2, 0.25) is 0 Å². The first-order valence-corrected chi connectivity index (χ1v) is 9.87. The maximum atomic E-state index is 12.9. The van der Waals surface area contributed by atoms with Crippen molar-refractivity contribution in [1.29, 1.82) is 0 Å². The number of para-hydroxylation sites is 2. The van der Waals surface area contributed by atoms with Gasteiger partial charge in [-0.3, -0.25) is 4.79 Å². The number of carbonyl (C=O) groups excluding carboxylic acids is 1. The summed E-state index contributed by atoms with van der Waals surface area (Å²) in [5, 5.41) is 7.53. The predicted molar refractivity (Wildman–Crippen MR) is 114 cm³/mol. The first-order chi connectivity index (χ1) is 14.0. The smallest absolute Gasteiger partial charge is 0.255 e. The van der Waals surface area contributed by atoms with E-state index in [0.717, 1.165) is 23.5 Å². The van der Waals surface area contributed by atoms with Crippen LogP contribution in [-0.2, 0) is 0 Å². The largest absolute Gasteiger partial charge is 0.490 e. The summed E-state index contributed by atoms with van der Waals surface area (Å²) in [5.41, 5.74) is 3.93. The van der Waals surface area contributed by atoms with Crippen LogP contribution in [0.2, 0.25) is 0 Å². The fraction of sp³-hybridized carbons (Fsp3) is 0.304. The molecule has 1 aromatic heterocycles. The third kappa shape index (κ3) is 4.77. The second kappa shape index (κ2) is 9.28. The zero-order valence-electron chi connectivity index (χ0n) is 17.4. The van der Waals surface area contributed by atoms with E-state index in [1.165, 1.54) is 0 Å². The highest BCUT2D eigenvalue weighted by atomic mass is 16.5. The number of nitrogens with one attached hydrogen (secondary N) is 1. The van der Waals surface area contributed by atoms with Gasteiger partial charge >= 0.3 is 0 Å². The zero-order chi connectivity index (χ0) is 20.8. The average molecular weight is 393 g/mol. The van der Waals surface area contributed by atoms with Gasteiger partial charge in [0.25, 0.3) is 5.91 Å². The monoisotopic (exact) mass is 393 g/mol. The number of hydrogen-bond donors (Lipinski definition) is 1. The summed E-state index contributed by atoms with van der Waals surface area (Å²) in [4.78, 5) is 12.9. The standard InChI is InChI=1S/C23H27N3O3/c1-5-13-29-21-12-11-18(15-22(21)28-6-2)23(27)24-19-9-7-8-10-20(19)26-17(4)14-16(3)25-26/h7-12,14-15H,5-6,13H2,1-4H3,(H,24,27). The van der Waals surface area contributed by atoms with Crippen LogP contribution < -0.4 is 14.8 Å². The van der Waals surface area contributed by atoms with Crippen molar-refractivity contribution in [1.82, 2.24) is 9.78 Å². The van der Waals surface area contributed by atoms with Crippen LogP contribution in [0.15, 0.2) is 48.5 Å². The fourth-order valence-corrected chi connectivity index (χ4v) is 3.08. The number of aromatic nitrogens is 2. The summed E-state index contributed by atoms with van der Waals surface area (Å²) in [5.74, 6) is 0.996. The van der Waals surface area contributed by atoms with Crippen molar-refractivity contribution in [3.05, 3.63) is 65.5 Å². The second-order valence-corrected chi connectivity index (χ2v) is 6.75.